The summed E-state index contributed by atoms with van der Waals surface area (Å²) >= 11 is 1.20. The second-order valence-corrected chi connectivity index (χ2v) is 7.99. The Morgan fingerprint density at radius 1 is 1.13 bits per heavy atom. The number of benzene rings is 2. The molecule has 162 valence electrons. The van der Waals surface area contributed by atoms with Gasteiger partial charge in [-0.25, -0.2) is 4.79 Å². The Morgan fingerprint density at radius 3 is 2.68 bits per heavy atom. The van der Waals surface area contributed by atoms with Crippen molar-refractivity contribution < 1.29 is 29.3 Å². The van der Waals surface area contributed by atoms with E-state index in [9.17, 15) is 24.6 Å². The third kappa shape index (κ3) is 5.61. The summed E-state index contributed by atoms with van der Waals surface area (Å²) in [5.41, 5.74) is 0.994. The quantitative estimate of drug-likeness (QED) is 0.379. The number of fused-ring (bicyclic) bond motifs is 1. The van der Waals surface area contributed by atoms with Crippen LogP contribution in [-0.4, -0.2) is 46.1 Å². The van der Waals surface area contributed by atoms with Crippen molar-refractivity contribution in [2.45, 2.75) is 26.3 Å². The largest absolute Gasteiger partial charge is 0.508 e. The zero-order valence-corrected chi connectivity index (χ0v) is 17.9. The molecule has 7 nitrogen and oxygen atoms in total. The van der Waals surface area contributed by atoms with Gasteiger partial charge in [0.2, 0.25) is 0 Å². The number of nitrogens with zero attached hydrogens (tertiary/aromatic N) is 1. The molecule has 31 heavy (non-hydrogen) atoms. The van der Waals surface area contributed by atoms with Gasteiger partial charge in [0.25, 0.3) is 5.91 Å². The molecule has 0 aliphatic rings. The molecule has 8 heteroatoms. The third-order valence-corrected chi connectivity index (χ3v) is 5.63. The van der Waals surface area contributed by atoms with Crippen molar-refractivity contribution in [2.75, 3.05) is 13.2 Å². The Balaban J connectivity index is 1.82. The maximum absolute atomic E-state index is 13.2. The number of carboxylic acid groups (broad SMARTS) is 1. The van der Waals surface area contributed by atoms with Gasteiger partial charge in [-0.05, 0) is 58.5 Å². The number of aromatic hydroxyl groups is 1. The zero-order valence-electron chi connectivity index (χ0n) is 17.0. The molecular weight excluding hydrogens is 418 g/mol. The molecule has 1 aromatic heterocycles. The number of ether oxygens (including phenoxy) is 1. The van der Waals surface area contributed by atoms with Crippen molar-refractivity contribution in [1.29, 1.82) is 0 Å². The highest BCUT2D eigenvalue weighted by Crippen LogP contribution is 2.25. The van der Waals surface area contributed by atoms with Gasteiger partial charge in [0.15, 0.2) is 0 Å². The lowest BCUT2D eigenvalue weighted by atomic mass is 10.0. The standard InChI is InChI=1S/C23H23NO6S/c1-2-3-9-30-23(29)20-10-15(14-31-20)12-24(13-21(26)27)22(28)19-6-4-5-16-11-17(25)7-8-18(16)19/h4-8,10-11,14,25H,2-3,9,12-13H2,1H3,(H,26,27). The summed E-state index contributed by atoms with van der Waals surface area (Å²) in [7, 11) is 0. The van der Waals surface area contributed by atoms with Crippen LogP contribution in [0.15, 0.2) is 47.8 Å². The Kier molecular flexibility index (Phi) is 7.25. The van der Waals surface area contributed by atoms with Crippen molar-refractivity contribution in [2.24, 2.45) is 0 Å². The number of carboxylic acids is 1. The van der Waals surface area contributed by atoms with Gasteiger partial charge in [-0.15, -0.1) is 11.3 Å². The molecule has 1 amide bonds. The van der Waals surface area contributed by atoms with E-state index in [0.29, 0.717) is 33.4 Å². The maximum atomic E-state index is 13.2. The minimum atomic E-state index is -1.14. The number of phenolic OH excluding ortho intramolecular Hbond substituents is 1. The minimum Gasteiger partial charge on any atom is -0.508 e. The Hall–Kier alpha value is -3.39. The van der Waals surface area contributed by atoms with Gasteiger partial charge in [0.05, 0.1) is 6.61 Å². The van der Waals surface area contributed by atoms with E-state index < -0.39 is 24.4 Å². The molecule has 1 heterocycles. The van der Waals surface area contributed by atoms with Crippen molar-refractivity contribution >= 4 is 40.0 Å². The van der Waals surface area contributed by atoms with Crippen LogP contribution in [0, 0.1) is 0 Å². The third-order valence-electron chi connectivity index (χ3n) is 4.67. The predicted octanol–water partition coefficient (Wildman–Crippen LogP) is 4.29. The van der Waals surface area contributed by atoms with Crippen LogP contribution in [0.1, 0.15) is 45.4 Å². The molecular formula is C23H23NO6S. The molecule has 0 unspecified atom stereocenters. The Labute approximate surface area is 183 Å². The number of phenols is 1. The van der Waals surface area contributed by atoms with E-state index in [0.717, 1.165) is 12.8 Å². The molecule has 3 rings (SSSR count). The average molecular weight is 442 g/mol. The highest BCUT2D eigenvalue weighted by Gasteiger charge is 2.22. The number of rotatable bonds is 9. The van der Waals surface area contributed by atoms with Crippen LogP contribution in [0.5, 0.6) is 5.75 Å². The van der Waals surface area contributed by atoms with E-state index in [4.69, 9.17) is 4.74 Å². The molecule has 0 radical (unpaired) electrons. The number of carbonyl (C=O) groups excluding carboxylic acids is 2. The Morgan fingerprint density at radius 2 is 1.94 bits per heavy atom. The molecule has 2 N–H and O–H groups in total. The lowest BCUT2D eigenvalue weighted by molar-refractivity contribution is -0.137. The van der Waals surface area contributed by atoms with E-state index in [-0.39, 0.29) is 12.3 Å². The van der Waals surface area contributed by atoms with E-state index in [1.165, 1.54) is 22.3 Å². The fourth-order valence-corrected chi connectivity index (χ4v) is 3.95. The number of hydrogen-bond acceptors (Lipinski definition) is 6. The average Bonchev–Trinajstić information content (AvgIpc) is 3.20. The number of aliphatic carboxylic acids is 1. The SMILES string of the molecule is CCCCOC(=O)c1cc(CN(CC(=O)O)C(=O)c2cccc3cc(O)ccc23)cs1. The number of amides is 1. The first-order chi connectivity index (χ1) is 14.9. The monoisotopic (exact) mass is 441 g/mol. The summed E-state index contributed by atoms with van der Waals surface area (Å²) in [4.78, 5) is 38.4. The van der Waals surface area contributed by atoms with Crippen LogP contribution in [0.4, 0.5) is 0 Å². The summed E-state index contributed by atoms with van der Waals surface area (Å²) < 4.78 is 5.20. The van der Waals surface area contributed by atoms with Crippen molar-refractivity contribution in [3.63, 3.8) is 0 Å². The first kappa shape index (κ1) is 22.3. The van der Waals surface area contributed by atoms with Crippen LogP contribution in [0.3, 0.4) is 0 Å². The minimum absolute atomic E-state index is 0.0400. The van der Waals surface area contributed by atoms with Crippen LogP contribution in [0.2, 0.25) is 0 Å². The van der Waals surface area contributed by atoms with Crippen LogP contribution in [0.25, 0.3) is 10.8 Å². The lowest BCUT2D eigenvalue weighted by Crippen LogP contribution is -2.35. The summed E-state index contributed by atoms with van der Waals surface area (Å²) in [5.74, 6) is -1.93. The highest BCUT2D eigenvalue weighted by atomic mass is 32.1. The zero-order chi connectivity index (χ0) is 22.4. The van der Waals surface area contributed by atoms with Crippen LogP contribution < -0.4 is 0 Å². The summed E-state index contributed by atoms with van der Waals surface area (Å²) in [5, 5.41) is 22.0. The number of carbonyl (C=O) groups is 3. The first-order valence-electron chi connectivity index (χ1n) is 9.86. The topological polar surface area (TPSA) is 104 Å². The van der Waals surface area contributed by atoms with Gasteiger partial charge in [-0.1, -0.05) is 25.5 Å². The summed E-state index contributed by atoms with van der Waals surface area (Å²) in [6, 6.07) is 11.4. The molecule has 0 atom stereocenters. The molecule has 0 saturated heterocycles. The van der Waals surface area contributed by atoms with Crippen molar-refractivity contribution in [3.05, 3.63) is 63.8 Å². The number of hydrogen-bond donors (Lipinski definition) is 2. The fourth-order valence-electron chi connectivity index (χ4n) is 3.16. The second-order valence-electron chi connectivity index (χ2n) is 7.07. The van der Waals surface area contributed by atoms with Gasteiger partial charge in [0.1, 0.15) is 17.2 Å². The predicted molar refractivity (Wildman–Crippen MR) is 117 cm³/mol. The van der Waals surface area contributed by atoms with E-state index >= 15 is 0 Å². The van der Waals surface area contributed by atoms with E-state index in [1.807, 2.05) is 6.92 Å². The number of thiophene rings is 1. The highest BCUT2D eigenvalue weighted by molar-refractivity contribution is 7.12. The molecule has 0 saturated carbocycles. The van der Waals surface area contributed by atoms with E-state index in [1.54, 1.807) is 41.8 Å². The second kappa shape index (κ2) is 10.1. The van der Waals surface area contributed by atoms with Gasteiger partial charge < -0.3 is 19.8 Å². The summed E-state index contributed by atoms with van der Waals surface area (Å²) in [6.45, 7) is 1.91. The Bertz CT molecular complexity index is 1110. The molecule has 0 fully saturated rings. The molecule has 0 spiro atoms. The first-order valence-corrected chi connectivity index (χ1v) is 10.7. The van der Waals surface area contributed by atoms with Crippen molar-refractivity contribution in [3.8, 4) is 5.75 Å². The molecule has 2 aromatic carbocycles. The van der Waals surface area contributed by atoms with E-state index in [2.05, 4.69) is 0 Å². The van der Waals surface area contributed by atoms with Gasteiger partial charge in [-0.3, -0.25) is 9.59 Å². The summed E-state index contributed by atoms with van der Waals surface area (Å²) in [6.07, 6.45) is 1.71. The number of esters is 1. The fraction of sp³-hybridized carbons (Fsp3) is 0.261. The van der Waals surface area contributed by atoms with Crippen LogP contribution >= 0.6 is 11.3 Å². The molecule has 0 aliphatic heterocycles. The van der Waals surface area contributed by atoms with Crippen LogP contribution in [-0.2, 0) is 16.1 Å². The normalized spacial score (nSPS) is 10.7. The molecule has 0 bridgehead atoms. The molecule has 3 aromatic rings. The molecule has 0 aliphatic carbocycles. The van der Waals surface area contributed by atoms with Gasteiger partial charge in [-0.2, -0.15) is 0 Å². The smallest absolute Gasteiger partial charge is 0.348 e. The lowest BCUT2D eigenvalue weighted by Gasteiger charge is -2.21. The number of unbranched alkanes of at least 4 members (excludes halogenated alkanes) is 1. The van der Waals surface area contributed by atoms with Gasteiger partial charge >= 0.3 is 11.9 Å². The van der Waals surface area contributed by atoms with Crippen molar-refractivity contribution in [1.82, 2.24) is 4.90 Å². The van der Waals surface area contributed by atoms with Gasteiger partial charge in [0, 0.05) is 12.1 Å². The maximum Gasteiger partial charge on any atom is 0.348 e.